The van der Waals surface area contributed by atoms with Crippen LogP contribution in [0.4, 0.5) is 0 Å². The Bertz CT molecular complexity index is 639. The van der Waals surface area contributed by atoms with E-state index in [1.807, 2.05) is 0 Å². The van der Waals surface area contributed by atoms with Crippen LogP contribution in [0.3, 0.4) is 0 Å². The van der Waals surface area contributed by atoms with Crippen LogP contribution in [0.5, 0.6) is 0 Å². The van der Waals surface area contributed by atoms with E-state index >= 15 is 0 Å². The number of amides is 1. The van der Waals surface area contributed by atoms with Crippen LogP contribution in [0.2, 0.25) is 0 Å². The van der Waals surface area contributed by atoms with Gasteiger partial charge >= 0.3 is 0 Å². The summed E-state index contributed by atoms with van der Waals surface area (Å²) in [7, 11) is 0. The maximum absolute atomic E-state index is 11.9. The fraction of sp³-hybridized carbons (Fsp3) is 0.450. The summed E-state index contributed by atoms with van der Waals surface area (Å²) in [5, 5.41) is 2.90. The van der Waals surface area contributed by atoms with Crippen molar-refractivity contribution in [3.8, 4) is 0 Å². The lowest BCUT2D eigenvalue weighted by molar-refractivity contribution is 0.0950. The molecule has 128 valence electrons. The van der Waals surface area contributed by atoms with Gasteiger partial charge in [0.05, 0.1) is 11.8 Å². The molecule has 2 aromatic rings. The van der Waals surface area contributed by atoms with E-state index in [4.69, 9.17) is 4.42 Å². The molecule has 0 bridgehead atoms. The van der Waals surface area contributed by atoms with Gasteiger partial charge in [-0.2, -0.15) is 0 Å². The zero-order valence-electron chi connectivity index (χ0n) is 14.5. The Hall–Kier alpha value is -2.07. The molecular weight excluding hydrogens is 300 g/mol. The smallest absolute Gasteiger partial charge is 0.254 e. The molecule has 0 aliphatic carbocycles. The first-order chi connectivity index (χ1) is 11.6. The van der Waals surface area contributed by atoms with Gasteiger partial charge < -0.3 is 9.73 Å². The summed E-state index contributed by atoms with van der Waals surface area (Å²) in [6.07, 6.45) is 4.30. The van der Waals surface area contributed by atoms with Crippen LogP contribution in [-0.2, 0) is 13.1 Å². The number of nitrogens with one attached hydrogen (secondary N) is 1. The summed E-state index contributed by atoms with van der Waals surface area (Å²) >= 11 is 0. The lowest BCUT2D eigenvalue weighted by atomic mass is 9.91. The van der Waals surface area contributed by atoms with Crippen molar-refractivity contribution in [2.24, 2.45) is 11.8 Å². The van der Waals surface area contributed by atoms with Crippen LogP contribution in [-0.4, -0.2) is 23.9 Å². The number of likely N-dealkylation sites (tertiary alicyclic amines) is 1. The molecule has 4 nitrogen and oxygen atoms in total. The van der Waals surface area contributed by atoms with E-state index in [0.717, 1.165) is 23.9 Å². The molecule has 0 spiro atoms. The second-order valence-electron chi connectivity index (χ2n) is 7.15. The molecule has 1 aromatic carbocycles. The summed E-state index contributed by atoms with van der Waals surface area (Å²) < 4.78 is 4.93. The van der Waals surface area contributed by atoms with E-state index in [-0.39, 0.29) is 5.91 Å². The summed E-state index contributed by atoms with van der Waals surface area (Å²) in [5.41, 5.74) is 3.00. The molecule has 0 radical (unpaired) electrons. The normalized spacial score (nSPS) is 21.6. The monoisotopic (exact) mass is 326 g/mol. The van der Waals surface area contributed by atoms with Gasteiger partial charge in [0.2, 0.25) is 0 Å². The predicted octanol–water partition coefficient (Wildman–Crippen LogP) is 3.69. The molecule has 2 atom stereocenters. The Kier molecular flexibility index (Phi) is 5.36. The van der Waals surface area contributed by atoms with E-state index in [1.54, 1.807) is 6.07 Å². The maximum atomic E-state index is 11.9. The average molecular weight is 326 g/mol. The van der Waals surface area contributed by atoms with Crippen LogP contribution >= 0.6 is 0 Å². The first-order valence-electron chi connectivity index (χ1n) is 8.70. The molecule has 0 saturated carbocycles. The van der Waals surface area contributed by atoms with Crippen LogP contribution in [0.15, 0.2) is 47.3 Å². The highest BCUT2D eigenvalue weighted by Crippen LogP contribution is 2.22. The molecule has 24 heavy (non-hydrogen) atoms. The van der Waals surface area contributed by atoms with Crippen molar-refractivity contribution >= 4 is 5.91 Å². The number of piperidine rings is 1. The van der Waals surface area contributed by atoms with Gasteiger partial charge in [0.1, 0.15) is 6.26 Å². The van der Waals surface area contributed by atoms with Gasteiger partial charge in [0.25, 0.3) is 5.91 Å². The maximum Gasteiger partial charge on any atom is 0.254 e. The fourth-order valence-electron chi connectivity index (χ4n) is 3.62. The number of hydrogen-bond acceptors (Lipinski definition) is 3. The Balaban J connectivity index is 1.51. The number of rotatable bonds is 5. The number of carbonyl (C=O) groups is 1. The zero-order chi connectivity index (χ0) is 16.9. The Morgan fingerprint density at radius 1 is 1.12 bits per heavy atom. The second kappa shape index (κ2) is 7.67. The van der Waals surface area contributed by atoms with Crippen molar-refractivity contribution in [2.75, 3.05) is 13.1 Å². The number of nitrogens with zero attached hydrogens (tertiary/aromatic N) is 1. The largest absolute Gasteiger partial charge is 0.472 e. The van der Waals surface area contributed by atoms with Gasteiger partial charge in [-0.15, -0.1) is 0 Å². The first-order valence-corrected chi connectivity index (χ1v) is 8.70. The average Bonchev–Trinajstić information content (AvgIpc) is 3.07. The topological polar surface area (TPSA) is 45.5 Å². The molecule has 2 heterocycles. The Morgan fingerprint density at radius 2 is 1.79 bits per heavy atom. The van der Waals surface area contributed by atoms with Crippen molar-refractivity contribution in [3.63, 3.8) is 0 Å². The summed E-state index contributed by atoms with van der Waals surface area (Å²) in [6, 6.07) is 10.2. The van der Waals surface area contributed by atoms with Crippen LogP contribution in [0, 0.1) is 11.8 Å². The highest BCUT2D eigenvalue weighted by molar-refractivity contribution is 5.93. The van der Waals surface area contributed by atoms with Gasteiger partial charge in [-0.3, -0.25) is 9.69 Å². The SMILES string of the molecule is C[C@H]1C[C@H](C)CN(Cc2ccc(CNC(=O)c3ccoc3)cc2)C1. The molecule has 1 N–H and O–H groups in total. The summed E-state index contributed by atoms with van der Waals surface area (Å²) in [5.74, 6) is 1.46. The number of furan rings is 1. The zero-order valence-corrected chi connectivity index (χ0v) is 14.5. The minimum atomic E-state index is -0.107. The lowest BCUT2D eigenvalue weighted by Gasteiger charge is -2.35. The van der Waals surface area contributed by atoms with Crippen molar-refractivity contribution < 1.29 is 9.21 Å². The van der Waals surface area contributed by atoms with Crippen LogP contribution in [0.25, 0.3) is 0 Å². The van der Waals surface area contributed by atoms with E-state index in [2.05, 4.69) is 48.3 Å². The number of carbonyl (C=O) groups excluding carboxylic acids is 1. The molecule has 0 unspecified atom stereocenters. The van der Waals surface area contributed by atoms with E-state index in [9.17, 15) is 4.79 Å². The summed E-state index contributed by atoms with van der Waals surface area (Å²) in [4.78, 5) is 14.4. The van der Waals surface area contributed by atoms with Crippen LogP contribution in [0.1, 0.15) is 41.8 Å². The van der Waals surface area contributed by atoms with E-state index in [0.29, 0.717) is 12.1 Å². The molecule has 1 fully saturated rings. The predicted molar refractivity (Wildman–Crippen MR) is 94.5 cm³/mol. The van der Waals surface area contributed by atoms with Gasteiger partial charge in [0.15, 0.2) is 0 Å². The van der Waals surface area contributed by atoms with Crippen molar-refractivity contribution in [1.82, 2.24) is 10.2 Å². The van der Waals surface area contributed by atoms with Gasteiger partial charge in [0, 0.05) is 26.2 Å². The highest BCUT2D eigenvalue weighted by Gasteiger charge is 2.21. The second-order valence-corrected chi connectivity index (χ2v) is 7.15. The first kappa shape index (κ1) is 16.8. The molecule has 1 saturated heterocycles. The lowest BCUT2D eigenvalue weighted by Crippen LogP contribution is -2.38. The molecule has 4 heteroatoms. The molecule has 3 rings (SSSR count). The molecule has 1 aliphatic heterocycles. The fourth-order valence-corrected chi connectivity index (χ4v) is 3.62. The molecular formula is C20H26N2O2. The minimum absolute atomic E-state index is 0.107. The van der Waals surface area contributed by atoms with E-state index < -0.39 is 0 Å². The van der Waals surface area contributed by atoms with Crippen molar-refractivity contribution in [1.29, 1.82) is 0 Å². The number of hydrogen-bond donors (Lipinski definition) is 1. The summed E-state index contributed by atoms with van der Waals surface area (Å²) in [6.45, 7) is 8.60. The number of benzene rings is 1. The van der Waals surface area contributed by atoms with Gasteiger partial charge in [-0.25, -0.2) is 0 Å². The van der Waals surface area contributed by atoms with Gasteiger partial charge in [-0.1, -0.05) is 38.1 Å². The standard InChI is InChI=1S/C20H26N2O2/c1-15-9-16(2)12-22(11-15)13-18-5-3-17(4-6-18)10-21-20(23)19-7-8-24-14-19/h3-8,14-16H,9-13H2,1-2H3,(H,21,23)/t15-,16-/m0/s1. The van der Waals surface area contributed by atoms with Gasteiger partial charge in [-0.05, 0) is 35.4 Å². The van der Waals surface area contributed by atoms with E-state index in [1.165, 1.54) is 37.6 Å². The quantitative estimate of drug-likeness (QED) is 0.911. The third kappa shape index (κ3) is 4.48. The Morgan fingerprint density at radius 3 is 2.42 bits per heavy atom. The van der Waals surface area contributed by atoms with Crippen molar-refractivity contribution in [3.05, 3.63) is 59.5 Å². The van der Waals surface area contributed by atoms with Crippen LogP contribution < -0.4 is 5.32 Å². The third-order valence-electron chi connectivity index (χ3n) is 4.61. The highest BCUT2D eigenvalue weighted by atomic mass is 16.3. The van der Waals surface area contributed by atoms with Crippen molar-refractivity contribution in [2.45, 2.75) is 33.4 Å². The Labute approximate surface area is 143 Å². The molecule has 1 amide bonds. The minimum Gasteiger partial charge on any atom is -0.472 e. The molecule has 1 aromatic heterocycles. The third-order valence-corrected chi connectivity index (χ3v) is 4.61. The molecule has 1 aliphatic rings.